The molecule has 1 fully saturated rings. The SMILES string of the molecule is CCC1CCC(C(O)c2cncc(OC(C)C)c2)CC1. The normalized spacial score (nSPS) is 24.6. The van der Waals surface area contributed by atoms with E-state index in [0.29, 0.717) is 5.92 Å². The van der Waals surface area contributed by atoms with Crippen LogP contribution in [0.25, 0.3) is 0 Å². The van der Waals surface area contributed by atoms with Gasteiger partial charge in [-0.15, -0.1) is 0 Å². The van der Waals surface area contributed by atoms with Gasteiger partial charge in [0.1, 0.15) is 5.75 Å². The number of pyridine rings is 1. The molecule has 1 aromatic heterocycles. The van der Waals surface area contributed by atoms with Crippen LogP contribution in [0.5, 0.6) is 5.75 Å². The highest BCUT2D eigenvalue weighted by molar-refractivity contribution is 5.25. The van der Waals surface area contributed by atoms with Crippen molar-refractivity contribution in [3.05, 3.63) is 24.0 Å². The average molecular weight is 277 g/mol. The molecule has 1 aliphatic rings. The molecule has 0 aromatic carbocycles. The monoisotopic (exact) mass is 277 g/mol. The topological polar surface area (TPSA) is 42.4 Å². The number of nitrogens with zero attached hydrogens (tertiary/aromatic N) is 1. The highest BCUT2D eigenvalue weighted by Crippen LogP contribution is 2.38. The fourth-order valence-electron chi connectivity index (χ4n) is 3.12. The van der Waals surface area contributed by atoms with Gasteiger partial charge >= 0.3 is 0 Å². The molecule has 1 aromatic rings. The molecule has 0 bridgehead atoms. The zero-order chi connectivity index (χ0) is 14.5. The summed E-state index contributed by atoms with van der Waals surface area (Å²) in [6.07, 6.45) is 9.20. The Kier molecular flexibility index (Phi) is 5.41. The maximum atomic E-state index is 10.6. The number of aromatic nitrogens is 1. The van der Waals surface area contributed by atoms with Crippen LogP contribution in [0.4, 0.5) is 0 Å². The molecule has 0 spiro atoms. The van der Waals surface area contributed by atoms with E-state index in [1.807, 2.05) is 19.9 Å². The molecule has 1 aliphatic carbocycles. The smallest absolute Gasteiger partial charge is 0.138 e. The molecular formula is C17H27NO2. The Balaban J connectivity index is 2.00. The summed E-state index contributed by atoms with van der Waals surface area (Å²) in [6.45, 7) is 6.25. The summed E-state index contributed by atoms with van der Waals surface area (Å²) in [5.74, 6) is 1.97. The number of hydrogen-bond acceptors (Lipinski definition) is 3. The van der Waals surface area contributed by atoms with Gasteiger partial charge in [0, 0.05) is 11.8 Å². The van der Waals surface area contributed by atoms with E-state index in [9.17, 15) is 5.11 Å². The van der Waals surface area contributed by atoms with Crippen molar-refractivity contribution in [3.63, 3.8) is 0 Å². The van der Waals surface area contributed by atoms with Gasteiger partial charge in [0.05, 0.1) is 18.4 Å². The molecule has 1 atom stereocenters. The van der Waals surface area contributed by atoms with Gasteiger partial charge in [0.25, 0.3) is 0 Å². The Bertz CT molecular complexity index is 411. The lowest BCUT2D eigenvalue weighted by atomic mass is 9.77. The molecule has 1 heterocycles. The summed E-state index contributed by atoms with van der Waals surface area (Å²) in [5.41, 5.74) is 0.892. The van der Waals surface area contributed by atoms with Crippen molar-refractivity contribution in [1.29, 1.82) is 0 Å². The van der Waals surface area contributed by atoms with Crippen LogP contribution in [0.1, 0.15) is 64.5 Å². The second-order valence-electron chi connectivity index (χ2n) is 6.25. The fourth-order valence-corrected chi connectivity index (χ4v) is 3.12. The van der Waals surface area contributed by atoms with Gasteiger partial charge in [-0.3, -0.25) is 4.98 Å². The summed E-state index contributed by atoms with van der Waals surface area (Å²) < 4.78 is 5.65. The Morgan fingerprint density at radius 1 is 1.25 bits per heavy atom. The quantitative estimate of drug-likeness (QED) is 0.880. The number of rotatable bonds is 5. The first-order valence-electron chi connectivity index (χ1n) is 7.89. The first-order chi connectivity index (χ1) is 9.60. The number of ether oxygens (including phenoxy) is 1. The van der Waals surface area contributed by atoms with E-state index in [-0.39, 0.29) is 6.10 Å². The predicted molar refractivity (Wildman–Crippen MR) is 80.7 cm³/mol. The number of aliphatic hydroxyl groups is 1. The third kappa shape index (κ3) is 3.95. The van der Waals surface area contributed by atoms with Gasteiger partial charge in [-0.1, -0.05) is 26.2 Å². The summed E-state index contributed by atoms with van der Waals surface area (Å²) >= 11 is 0. The largest absolute Gasteiger partial charge is 0.489 e. The minimum absolute atomic E-state index is 0.129. The van der Waals surface area contributed by atoms with E-state index in [2.05, 4.69) is 11.9 Å². The maximum Gasteiger partial charge on any atom is 0.138 e. The first kappa shape index (κ1) is 15.3. The van der Waals surface area contributed by atoms with Crippen molar-refractivity contribution >= 4 is 0 Å². The van der Waals surface area contributed by atoms with Crippen LogP contribution >= 0.6 is 0 Å². The highest BCUT2D eigenvalue weighted by atomic mass is 16.5. The van der Waals surface area contributed by atoms with Crippen LogP contribution in [-0.4, -0.2) is 16.2 Å². The third-order valence-electron chi connectivity index (χ3n) is 4.36. The van der Waals surface area contributed by atoms with Crippen LogP contribution in [0, 0.1) is 11.8 Å². The second kappa shape index (κ2) is 7.07. The van der Waals surface area contributed by atoms with E-state index >= 15 is 0 Å². The lowest BCUT2D eigenvalue weighted by Crippen LogP contribution is -2.20. The van der Waals surface area contributed by atoms with E-state index < -0.39 is 6.10 Å². The van der Waals surface area contributed by atoms with Crippen molar-refractivity contribution < 1.29 is 9.84 Å². The Morgan fingerprint density at radius 3 is 2.55 bits per heavy atom. The molecule has 0 radical (unpaired) electrons. The van der Waals surface area contributed by atoms with E-state index in [0.717, 1.165) is 30.1 Å². The third-order valence-corrected chi connectivity index (χ3v) is 4.36. The minimum atomic E-state index is -0.406. The molecule has 0 saturated heterocycles. The van der Waals surface area contributed by atoms with Crippen LogP contribution in [0.3, 0.4) is 0 Å². The Hall–Kier alpha value is -1.09. The van der Waals surface area contributed by atoms with Crippen molar-refractivity contribution in [2.24, 2.45) is 11.8 Å². The zero-order valence-electron chi connectivity index (χ0n) is 12.9. The van der Waals surface area contributed by atoms with Gasteiger partial charge in [0.15, 0.2) is 0 Å². The molecule has 20 heavy (non-hydrogen) atoms. The lowest BCUT2D eigenvalue weighted by molar-refractivity contribution is 0.0723. The zero-order valence-corrected chi connectivity index (χ0v) is 12.9. The molecular weight excluding hydrogens is 250 g/mol. The standard InChI is InChI=1S/C17H27NO2/c1-4-13-5-7-14(8-6-13)17(19)15-9-16(11-18-10-15)20-12(2)3/h9-14,17,19H,4-8H2,1-3H3. The summed E-state index contributed by atoms with van der Waals surface area (Å²) in [5, 5.41) is 10.6. The van der Waals surface area contributed by atoms with Crippen molar-refractivity contribution in [3.8, 4) is 5.75 Å². The molecule has 1 N–H and O–H groups in total. The summed E-state index contributed by atoms with van der Waals surface area (Å²) in [7, 11) is 0. The molecule has 1 unspecified atom stereocenters. The van der Waals surface area contributed by atoms with E-state index in [4.69, 9.17) is 4.74 Å². The first-order valence-corrected chi connectivity index (χ1v) is 7.89. The molecule has 0 amide bonds. The maximum absolute atomic E-state index is 10.6. The van der Waals surface area contributed by atoms with Crippen LogP contribution in [0.15, 0.2) is 18.5 Å². The predicted octanol–water partition coefficient (Wildman–Crippen LogP) is 4.12. The molecule has 3 nitrogen and oxygen atoms in total. The lowest BCUT2D eigenvalue weighted by Gasteiger charge is -2.31. The second-order valence-corrected chi connectivity index (χ2v) is 6.25. The van der Waals surface area contributed by atoms with Crippen LogP contribution in [0.2, 0.25) is 0 Å². The van der Waals surface area contributed by atoms with Gasteiger partial charge in [-0.05, 0) is 44.6 Å². The molecule has 1 saturated carbocycles. The summed E-state index contributed by atoms with van der Waals surface area (Å²) in [4.78, 5) is 4.20. The van der Waals surface area contributed by atoms with E-state index in [1.165, 1.54) is 19.3 Å². The average Bonchev–Trinajstić information content (AvgIpc) is 2.46. The van der Waals surface area contributed by atoms with Gasteiger partial charge in [-0.25, -0.2) is 0 Å². The van der Waals surface area contributed by atoms with Gasteiger partial charge in [0.2, 0.25) is 0 Å². The molecule has 112 valence electrons. The Morgan fingerprint density at radius 2 is 1.95 bits per heavy atom. The van der Waals surface area contributed by atoms with Crippen molar-refractivity contribution in [2.75, 3.05) is 0 Å². The minimum Gasteiger partial charge on any atom is -0.489 e. The Labute approximate surface area is 122 Å². The molecule has 0 aliphatic heterocycles. The number of aliphatic hydroxyl groups excluding tert-OH is 1. The number of hydrogen-bond donors (Lipinski definition) is 1. The van der Waals surface area contributed by atoms with Crippen LogP contribution < -0.4 is 4.74 Å². The van der Waals surface area contributed by atoms with Gasteiger partial charge < -0.3 is 9.84 Å². The molecule has 3 heteroatoms. The fraction of sp³-hybridized carbons (Fsp3) is 0.706. The summed E-state index contributed by atoms with van der Waals surface area (Å²) in [6, 6.07) is 1.93. The molecule has 2 rings (SSSR count). The van der Waals surface area contributed by atoms with Crippen LogP contribution in [-0.2, 0) is 0 Å². The van der Waals surface area contributed by atoms with Crippen molar-refractivity contribution in [2.45, 2.75) is 65.1 Å². The highest BCUT2D eigenvalue weighted by Gasteiger charge is 2.27. The van der Waals surface area contributed by atoms with E-state index in [1.54, 1.807) is 12.4 Å². The van der Waals surface area contributed by atoms with Crippen molar-refractivity contribution in [1.82, 2.24) is 4.98 Å². The van der Waals surface area contributed by atoms with Gasteiger partial charge in [-0.2, -0.15) is 0 Å².